The van der Waals surface area contributed by atoms with E-state index in [1.807, 2.05) is 48.5 Å². The Morgan fingerprint density at radius 3 is 1.92 bits per heavy atom. The van der Waals surface area contributed by atoms with Gasteiger partial charge in [-0.25, -0.2) is 12.4 Å². The summed E-state index contributed by atoms with van der Waals surface area (Å²) in [7, 11) is -7.17. The van der Waals surface area contributed by atoms with Crippen LogP contribution in [0.2, 0.25) is 5.04 Å². The number of fused-ring (bicyclic) bond motifs is 2. The van der Waals surface area contributed by atoms with Crippen LogP contribution in [0.4, 0.5) is 0 Å². The minimum atomic E-state index is -4.17. The second-order valence-electron chi connectivity index (χ2n) is 14.0. The third kappa shape index (κ3) is 5.27. The minimum Gasteiger partial charge on any atom is -0.405 e. The number of benzene rings is 4. The molecular weight excluding hydrogens is 643 g/mol. The van der Waals surface area contributed by atoms with Gasteiger partial charge >= 0.3 is 0 Å². The fourth-order valence-electron chi connectivity index (χ4n) is 7.37. The van der Waals surface area contributed by atoms with Gasteiger partial charge in [0.15, 0.2) is 5.79 Å². The fourth-order valence-corrected chi connectivity index (χ4v) is 13.5. The number of aliphatic hydroxyl groups is 1. The van der Waals surface area contributed by atoms with Crippen LogP contribution in [0.25, 0.3) is 10.9 Å². The summed E-state index contributed by atoms with van der Waals surface area (Å²) >= 11 is 0. The highest BCUT2D eigenvalue weighted by Crippen LogP contribution is 2.50. The molecule has 0 aliphatic carbocycles. The van der Waals surface area contributed by atoms with E-state index in [9.17, 15) is 13.5 Å². The standard InChI is InChI=1S/C38H41NO7SSi/c1-36(2,3)48(29-20-11-7-12-21-29,30-22-13-8-14-23-30)43-26-32-34-35(46-37(4,5)45-34)38(40,44-32)33-25-27-17-15-16-24-31(27)39(33)47(41,42)28-18-9-6-10-19-28/h6-25,32,34-35,40H,26H2,1-5H3/t32-,34-,35-,38?/m1/s1. The van der Waals surface area contributed by atoms with Gasteiger partial charge in [0.1, 0.15) is 18.3 Å². The molecule has 5 aromatic rings. The third-order valence-corrected chi connectivity index (χ3v) is 16.2. The molecule has 0 radical (unpaired) electrons. The van der Waals surface area contributed by atoms with E-state index in [1.54, 1.807) is 50.2 Å². The molecule has 1 N–H and O–H groups in total. The predicted molar refractivity (Wildman–Crippen MR) is 187 cm³/mol. The van der Waals surface area contributed by atoms with Crippen molar-refractivity contribution in [1.29, 1.82) is 0 Å². The highest BCUT2D eigenvalue weighted by Gasteiger charge is 2.65. The van der Waals surface area contributed by atoms with Crippen molar-refractivity contribution in [3.05, 3.63) is 127 Å². The van der Waals surface area contributed by atoms with Crippen molar-refractivity contribution in [3.63, 3.8) is 0 Å². The van der Waals surface area contributed by atoms with Crippen molar-refractivity contribution in [3.8, 4) is 0 Å². The molecule has 0 spiro atoms. The van der Waals surface area contributed by atoms with Gasteiger partial charge in [0.05, 0.1) is 22.7 Å². The fraction of sp³-hybridized carbons (Fsp3) is 0.316. The van der Waals surface area contributed by atoms with Gasteiger partial charge in [-0.05, 0) is 53.5 Å². The Hall–Kier alpha value is -3.61. The molecular formula is C38H41NO7SSi. The molecule has 2 aliphatic heterocycles. The summed E-state index contributed by atoms with van der Waals surface area (Å²) in [5.74, 6) is -3.27. The van der Waals surface area contributed by atoms with Crippen molar-refractivity contribution in [2.75, 3.05) is 6.61 Å². The summed E-state index contributed by atoms with van der Waals surface area (Å²) in [6.45, 7) is 10.2. The molecule has 1 aromatic heterocycles. The summed E-state index contributed by atoms with van der Waals surface area (Å²) in [5, 5.41) is 15.2. The zero-order valence-corrected chi connectivity index (χ0v) is 29.6. The zero-order chi connectivity index (χ0) is 34.0. The van der Waals surface area contributed by atoms with Crippen LogP contribution in [0.15, 0.2) is 126 Å². The van der Waals surface area contributed by atoms with Gasteiger partial charge in [-0.2, -0.15) is 0 Å². The molecule has 7 rings (SSSR count). The summed E-state index contributed by atoms with van der Waals surface area (Å²) in [5.41, 5.74) is 0.451. The number of ether oxygens (including phenoxy) is 3. The number of rotatable bonds is 8. The summed E-state index contributed by atoms with van der Waals surface area (Å²) in [4.78, 5) is 0.0845. The van der Waals surface area contributed by atoms with Crippen LogP contribution in [0.5, 0.6) is 0 Å². The maximum atomic E-state index is 14.3. The Kier molecular flexibility index (Phi) is 8.07. The third-order valence-electron chi connectivity index (χ3n) is 9.41. The van der Waals surface area contributed by atoms with E-state index in [-0.39, 0.29) is 22.2 Å². The Balaban J connectivity index is 1.34. The molecule has 2 fully saturated rings. The van der Waals surface area contributed by atoms with E-state index in [1.165, 1.54) is 16.1 Å². The molecule has 0 amide bonds. The molecule has 4 atom stereocenters. The van der Waals surface area contributed by atoms with Crippen LogP contribution in [0, 0.1) is 0 Å². The molecule has 2 aliphatic rings. The Morgan fingerprint density at radius 2 is 1.33 bits per heavy atom. The van der Waals surface area contributed by atoms with Gasteiger partial charge in [0, 0.05) is 5.39 Å². The minimum absolute atomic E-state index is 0.0387. The predicted octanol–water partition coefficient (Wildman–Crippen LogP) is 5.52. The summed E-state index contributed by atoms with van der Waals surface area (Å²) < 4.78 is 56.4. The van der Waals surface area contributed by atoms with Crippen molar-refractivity contribution in [2.45, 2.75) is 74.4 Å². The molecule has 1 unspecified atom stereocenters. The average molecular weight is 684 g/mol. The number of hydrogen-bond donors (Lipinski definition) is 1. The van der Waals surface area contributed by atoms with Gasteiger partial charge in [0.2, 0.25) is 5.79 Å². The lowest BCUT2D eigenvalue weighted by Gasteiger charge is -2.43. The SMILES string of the molecule is CC1(C)O[C@H]2[C@@H](O1)C(O)(c1cc3ccccc3n1S(=O)(=O)c1ccccc1)O[C@@H]2CO[Si](c1ccccc1)(c1ccccc1)C(C)(C)C. The molecule has 48 heavy (non-hydrogen) atoms. The van der Waals surface area contributed by atoms with Gasteiger partial charge in [-0.15, -0.1) is 0 Å². The van der Waals surface area contributed by atoms with Gasteiger partial charge < -0.3 is 23.7 Å². The average Bonchev–Trinajstić information content (AvgIpc) is 3.71. The van der Waals surface area contributed by atoms with E-state index in [2.05, 4.69) is 45.0 Å². The lowest BCUT2D eigenvalue weighted by Crippen LogP contribution is -2.67. The van der Waals surface area contributed by atoms with Crippen LogP contribution in [-0.2, 0) is 34.4 Å². The number of hydrogen-bond acceptors (Lipinski definition) is 7. The van der Waals surface area contributed by atoms with Crippen LogP contribution < -0.4 is 10.4 Å². The smallest absolute Gasteiger partial charge is 0.268 e. The normalized spacial score (nSPS) is 24.2. The molecule has 4 aromatic carbocycles. The summed E-state index contributed by atoms with van der Waals surface area (Å²) in [6.07, 6.45) is -2.60. The van der Waals surface area contributed by atoms with Crippen molar-refractivity contribution < 1.29 is 32.2 Å². The maximum Gasteiger partial charge on any atom is 0.268 e. The number of aromatic nitrogens is 1. The molecule has 0 bridgehead atoms. The second-order valence-corrected chi connectivity index (χ2v) is 20.1. The molecule has 10 heteroatoms. The monoisotopic (exact) mass is 683 g/mol. The Labute approximate surface area is 283 Å². The van der Waals surface area contributed by atoms with E-state index in [0.717, 1.165) is 10.4 Å². The summed E-state index contributed by atoms with van der Waals surface area (Å²) in [6, 6.07) is 37.5. The molecule has 3 heterocycles. The van der Waals surface area contributed by atoms with E-state index < -0.39 is 48.2 Å². The van der Waals surface area contributed by atoms with Crippen LogP contribution in [0.1, 0.15) is 40.3 Å². The van der Waals surface area contributed by atoms with E-state index in [4.69, 9.17) is 18.6 Å². The van der Waals surface area contributed by atoms with E-state index in [0.29, 0.717) is 10.9 Å². The Bertz CT molecular complexity index is 1990. The zero-order valence-electron chi connectivity index (χ0n) is 27.7. The van der Waals surface area contributed by atoms with Crippen molar-refractivity contribution in [1.82, 2.24) is 3.97 Å². The first-order valence-corrected chi connectivity index (χ1v) is 19.6. The highest BCUT2D eigenvalue weighted by atomic mass is 32.2. The number of nitrogens with zero attached hydrogens (tertiary/aromatic N) is 1. The quantitative estimate of drug-likeness (QED) is 0.215. The first-order valence-electron chi connectivity index (χ1n) is 16.2. The topological polar surface area (TPSA) is 96.2 Å². The molecule has 250 valence electrons. The van der Waals surface area contributed by atoms with Gasteiger partial charge in [0.25, 0.3) is 18.3 Å². The molecule has 0 saturated carbocycles. The van der Waals surface area contributed by atoms with Crippen LogP contribution in [0.3, 0.4) is 0 Å². The van der Waals surface area contributed by atoms with Crippen LogP contribution >= 0.6 is 0 Å². The first kappa shape index (κ1) is 32.9. The second kappa shape index (κ2) is 11.8. The maximum absolute atomic E-state index is 14.3. The van der Waals surface area contributed by atoms with Gasteiger partial charge in [-0.1, -0.05) is 118 Å². The first-order chi connectivity index (χ1) is 22.8. The van der Waals surface area contributed by atoms with Gasteiger partial charge in [-0.3, -0.25) is 0 Å². The van der Waals surface area contributed by atoms with Crippen LogP contribution in [-0.4, -0.2) is 56.5 Å². The lowest BCUT2D eigenvalue weighted by molar-refractivity contribution is -0.284. The van der Waals surface area contributed by atoms with Crippen molar-refractivity contribution >= 4 is 39.6 Å². The van der Waals surface area contributed by atoms with E-state index >= 15 is 0 Å². The molecule has 2 saturated heterocycles. The lowest BCUT2D eigenvalue weighted by atomic mass is 10.0. The largest absolute Gasteiger partial charge is 0.405 e. The Morgan fingerprint density at radius 1 is 0.792 bits per heavy atom. The van der Waals surface area contributed by atoms with Crippen molar-refractivity contribution in [2.24, 2.45) is 0 Å². The molecule has 8 nitrogen and oxygen atoms in total. The number of para-hydroxylation sites is 1. The highest BCUT2D eigenvalue weighted by molar-refractivity contribution is 7.90.